The number of carbonyl (C=O) groups excluding carboxylic acids is 2. The highest BCUT2D eigenvalue weighted by atomic mass is 32.2. The Kier molecular flexibility index (Phi) is 7.76. The largest absolute Gasteiger partial charge is 0.376 e. The first-order valence-electron chi connectivity index (χ1n) is 10.9. The van der Waals surface area contributed by atoms with Crippen LogP contribution >= 0.6 is 0 Å². The van der Waals surface area contributed by atoms with Gasteiger partial charge in [0.1, 0.15) is 6.04 Å². The Balaban J connectivity index is 1.80. The molecule has 1 aliphatic rings. The van der Waals surface area contributed by atoms with Gasteiger partial charge in [-0.3, -0.25) is 13.9 Å². The standard InChI is InChI=1S/C24H31N3O5S/c1-16-12-17(2)14-19(13-16)27(33(4,30)31)18(3)23(28)26-22-10-6-5-9-21(22)24(29)25-15-20-8-7-11-32-20/h5-6,9-10,12-14,18,20H,7-8,11,15H2,1-4H3,(H,25,29)(H,26,28)/t18-,20+/m0/s1. The van der Waals surface area contributed by atoms with Gasteiger partial charge in [0.25, 0.3) is 5.91 Å². The van der Waals surface area contributed by atoms with Gasteiger partial charge in [-0.15, -0.1) is 0 Å². The number of nitrogens with zero attached hydrogens (tertiary/aromatic N) is 1. The van der Waals surface area contributed by atoms with Crippen LogP contribution in [-0.2, 0) is 19.6 Å². The van der Waals surface area contributed by atoms with Crippen LogP contribution in [0, 0.1) is 13.8 Å². The minimum atomic E-state index is -3.75. The number of benzene rings is 2. The number of rotatable bonds is 8. The molecular formula is C24H31N3O5S. The van der Waals surface area contributed by atoms with Crippen molar-refractivity contribution < 1.29 is 22.7 Å². The van der Waals surface area contributed by atoms with E-state index in [0.717, 1.165) is 34.5 Å². The summed E-state index contributed by atoms with van der Waals surface area (Å²) in [7, 11) is -3.75. The first-order chi connectivity index (χ1) is 15.6. The zero-order chi connectivity index (χ0) is 24.2. The zero-order valence-electron chi connectivity index (χ0n) is 19.4. The van der Waals surface area contributed by atoms with E-state index in [1.807, 2.05) is 19.9 Å². The van der Waals surface area contributed by atoms with Crippen molar-refractivity contribution in [3.63, 3.8) is 0 Å². The number of ether oxygens (including phenoxy) is 1. The summed E-state index contributed by atoms with van der Waals surface area (Å²) in [4.78, 5) is 25.9. The lowest BCUT2D eigenvalue weighted by Gasteiger charge is -2.29. The highest BCUT2D eigenvalue weighted by Crippen LogP contribution is 2.25. The molecule has 2 atom stereocenters. The van der Waals surface area contributed by atoms with Crippen molar-refractivity contribution in [1.29, 1.82) is 0 Å². The van der Waals surface area contributed by atoms with E-state index in [2.05, 4.69) is 10.6 Å². The maximum absolute atomic E-state index is 13.1. The number of carbonyl (C=O) groups is 2. The summed E-state index contributed by atoms with van der Waals surface area (Å²) in [6.45, 7) is 6.35. The van der Waals surface area contributed by atoms with Crippen LogP contribution in [0.5, 0.6) is 0 Å². The first-order valence-corrected chi connectivity index (χ1v) is 12.8. The fourth-order valence-corrected chi connectivity index (χ4v) is 5.18. The Morgan fingerprint density at radius 3 is 2.42 bits per heavy atom. The van der Waals surface area contributed by atoms with Gasteiger partial charge in [-0.1, -0.05) is 18.2 Å². The van der Waals surface area contributed by atoms with Crippen LogP contribution in [0.1, 0.15) is 41.3 Å². The second kappa shape index (κ2) is 10.4. The normalized spacial score (nSPS) is 16.8. The van der Waals surface area contributed by atoms with E-state index in [1.54, 1.807) is 36.4 Å². The van der Waals surface area contributed by atoms with Gasteiger partial charge in [0, 0.05) is 13.2 Å². The van der Waals surface area contributed by atoms with E-state index in [-0.39, 0.29) is 12.0 Å². The number of aryl methyl sites for hydroxylation is 2. The number of nitrogens with one attached hydrogen (secondary N) is 2. The van der Waals surface area contributed by atoms with E-state index in [0.29, 0.717) is 30.1 Å². The summed E-state index contributed by atoms with van der Waals surface area (Å²) in [6, 6.07) is 11.0. The lowest BCUT2D eigenvalue weighted by molar-refractivity contribution is -0.116. The lowest BCUT2D eigenvalue weighted by Crippen LogP contribution is -2.45. The van der Waals surface area contributed by atoms with Crippen LogP contribution < -0.4 is 14.9 Å². The minimum Gasteiger partial charge on any atom is -0.376 e. The van der Waals surface area contributed by atoms with Gasteiger partial charge in [0.05, 0.1) is 29.3 Å². The second-order valence-electron chi connectivity index (χ2n) is 8.46. The minimum absolute atomic E-state index is 0.00293. The summed E-state index contributed by atoms with van der Waals surface area (Å²) >= 11 is 0. The summed E-state index contributed by atoms with van der Waals surface area (Å²) in [5.41, 5.74) is 2.81. The van der Waals surface area contributed by atoms with Crippen molar-refractivity contribution >= 4 is 33.2 Å². The summed E-state index contributed by atoms with van der Waals surface area (Å²) in [5, 5.41) is 5.58. The Labute approximate surface area is 195 Å². The van der Waals surface area contributed by atoms with E-state index in [9.17, 15) is 18.0 Å². The smallest absolute Gasteiger partial charge is 0.253 e. The molecule has 1 aliphatic heterocycles. The molecule has 0 saturated carbocycles. The Morgan fingerprint density at radius 1 is 1.15 bits per heavy atom. The molecule has 1 heterocycles. The van der Waals surface area contributed by atoms with Crippen molar-refractivity contribution in [3.05, 3.63) is 59.2 Å². The number of sulfonamides is 1. The van der Waals surface area contributed by atoms with Gasteiger partial charge in [0.15, 0.2) is 0 Å². The van der Waals surface area contributed by atoms with E-state index >= 15 is 0 Å². The third-order valence-corrected chi connectivity index (χ3v) is 6.73. The van der Waals surface area contributed by atoms with Crippen molar-refractivity contribution in [2.75, 3.05) is 29.0 Å². The van der Waals surface area contributed by atoms with Gasteiger partial charge >= 0.3 is 0 Å². The number of anilines is 2. The van der Waals surface area contributed by atoms with Crippen molar-refractivity contribution in [2.24, 2.45) is 0 Å². The molecule has 33 heavy (non-hydrogen) atoms. The van der Waals surface area contributed by atoms with Gasteiger partial charge in [-0.25, -0.2) is 8.42 Å². The maximum Gasteiger partial charge on any atom is 0.253 e. The fraction of sp³-hybridized carbons (Fsp3) is 0.417. The zero-order valence-corrected chi connectivity index (χ0v) is 20.2. The molecule has 178 valence electrons. The summed E-state index contributed by atoms with van der Waals surface area (Å²) in [6.07, 6.45) is 2.94. The molecule has 9 heteroatoms. The molecule has 1 saturated heterocycles. The number of para-hydroxylation sites is 1. The molecule has 8 nitrogen and oxygen atoms in total. The average Bonchev–Trinajstić information content (AvgIpc) is 3.24. The van der Waals surface area contributed by atoms with Crippen molar-refractivity contribution in [1.82, 2.24) is 5.32 Å². The molecule has 1 fully saturated rings. The quantitative estimate of drug-likeness (QED) is 0.613. The van der Waals surface area contributed by atoms with Crippen LogP contribution in [0.4, 0.5) is 11.4 Å². The SMILES string of the molecule is Cc1cc(C)cc(N([C@@H](C)C(=O)Nc2ccccc2C(=O)NC[C@H]2CCCO2)S(C)(=O)=O)c1. The van der Waals surface area contributed by atoms with Gasteiger partial charge < -0.3 is 15.4 Å². The maximum atomic E-state index is 13.1. The molecule has 2 aromatic rings. The third-order valence-electron chi connectivity index (χ3n) is 5.49. The van der Waals surface area contributed by atoms with Crippen LogP contribution in [0.25, 0.3) is 0 Å². The fourth-order valence-electron chi connectivity index (χ4n) is 4.02. The first kappa shape index (κ1) is 24.7. The third kappa shape index (κ3) is 6.33. The topological polar surface area (TPSA) is 105 Å². The molecule has 0 aromatic heterocycles. The monoisotopic (exact) mass is 473 g/mol. The number of amides is 2. The summed E-state index contributed by atoms with van der Waals surface area (Å²) < 4.78 is 31.9. The van der Waals surface area contributed by atoms with E-state index in [1.165, 1.54) is 6.92 Å². The Hall–Kier alpha value is -2.91. The number of hydrogen-bond donors (Lipinski definition) is 2. The highest BCUT2D eigenvalue weighted by molar-refractivity contribution is 7.92. The van der Waals surface area contributed by atoms with Crippen molar-refractivity contribution in [3.8, 4) is 0 Å². The molecule has 0 spiro atoms. The van der Waals surface area contributed by atoms with Crippen LogP contribution in [0.2, 0.25) is 0 Å². The van der Waals surface area contributed by atoms with Crippen LogP contribution in [0.3, 0.4) is 0 Å². The molecule has 2 amide bonds. The molecule has 0 bridgehead atoms. The van der Waals surface area contributed by atoms with Gasteiger partial charge in [0.2, 0.25) is 15.9 Å². The van der Waals surface area contributed by atoms with Crippen LogP contribution in [-0.4, -0.2) is 51.8 Å². The van der Waals surface area contributed by atoms with Crippen molar-refractivity contribution in [2.45, 2.75) is 45.8 Å². The summed E-state index contributed by atoms with van der Waals surface area (Å²) in [5.74, 6) is -0.873. The Bertz CT molecular complexity index is 1110. The molecule has 0 unspecified atom stereocenters. The average molecular weight is 474 g/mol. The molecular weight excluding hydrogens is 442 g/mol. The Morgan fingerprint density at radius 2 is 1.82 bits per heavy atom. The molecule has 3 rings (SSSR count). The number of hydrogen-bond acceptors (Lipinski definition) is 5. The molecule has 2 N–H and O–H groups in total. The van der Waals surface area contributed by atoms with E-state index < -0.39 is 22.0 Å². The molecule has 0 radical (unpaired) electrons. The second-order valence-corrected chi connectivity index (χ2v) is 10.3. The molecule has 0 aliphatic carbocycles. The van der Waals surface area contributed by atoms with Gasteiger partial charge in [-0.05, 0) is 69.0 Å². The highest BCUT2D eigenvalue weighted by Gasteiger charge is 2.30. The molecule has 2 aromatic carbocycles. The van der Waals surface area contributed by atoms with Crippen LogP contribution in [0.15, 0.2) is 42.5 Å². The predicted octanol–water partition coefficient (Wildman–Crippen LogP) is 3.01. The van der Waals surface area contributed by atoms with Gasteiger partial charge in [-0.2, -0.15) is 0 Å². The lowest BCUT2D eigenvalue weighted by atomic mass is 10.1. The van der Waals surface area contributed by atoms with E-state index in [4.69, 9.17) is 4.74 Å². The predicted molar refractivity (Wildman–Crippen MR) is 129 cm³/mol.